The molecule has 0 bridgehead atoms. The summed E-state index contributed by atoms with van der Waals surface area (Å²) in [6.07, 6.45) is 0. The molecule has 3 aromatic carbocycles. The molecule has 5 heteroatoms. The quantitative estimate of drug-likeness (QED) is 0.510. The van der Waals surface area contributed by atoms with Gasteiger partial charge in [0.25, 0.3) is 0 Å². The zero-order chi connectivity index (χ0) is 19.2. The van der Waals surface area contributed by atoms with Gasteiger partial charge >= 0.3 is 0 Å². The van der Waals surface area contributed by atoms with Gasteiger partial charge in [-0.3, -0.25) is 4.90 Å². The van der Waals surface area contributed by atoms with Crippen LogP contribution >= 0.6 is 24.2 Å². The van der Waals surface area contributed by atoms with Gasteiger partial charge in [0.2, 0.25) is 0 Å². The van der Waals surface area contributed by atoms with Crippen molar-refractivity contribution in [3.05, 3.63) is 84.4 Å². The number of hydrogen-bond acceptors (Lipinski definition) is 4. The van der Waals surface area contributed by atoms with E-state index in [2.05, 4.69) is 76.5 Å². The molecule has 0 radical (unpaired) electrons. The number of ether oxygens (including phenoxy) is 1. The fraction of sp³-hybridized carbons (Fsp3) is 0.250. The van der Waals surface area contributed by atoms with Crippen molar-refractivity contribution >= 4 is 29.9 Å². The number of methoxy groups -OCH3 is 1. The lowest BCUT2D eigenvalue weighted by Gasteiger charge is -2.36. The van der Waals surface area contributed by atoms with Gasteiger partial charge in [0.1, 0.15) is 5.75 Å². The molecular weight excluding hydrogens is 400 g/mol. The maximum atomic E-state index is 5.52. The number of piperazine rings is 1. The van der Waals surface area contributed by atoms with Crippen molar-refractivity contribution in [2.45, 2.75) is 16.3 Å². The van der Waals surface area contributed by atoms with Crippen LogP contribution in [0.15, 0.2) is 88.7 Å². The lowest BCUT2D eigenvalue weighted by atomic mass is 10.2. The van der Waals surface area contributed by atoms with E-state index in [-0.39, 0.29) is 12.4 Å². The summed E-state index contributed by atoms with van der Waals surface area (Å²) in [4.78, 5) is 7.50. The smallest absolute Gasteiger partial charge is 0.132 e. The molecule has 0 aromatic heterocycles. The second-order valence-corrected chi connectivity index (χ2v) is 8.04. The summed E-state index contributed by atoms with van der Waals surface area (Å²) in [5.41, 5.74) is 2.71. The van der Waals surface area contributed by atoms with Crippen LogP contribution in [0.25, 0.3) is 0 Å². The third kappa shape index (κ3) is 5.47. The molecule has 0 amide bonds. The van der Waals surface area contributed by atoms with E-state index in [1.165, 1.54) is 16.1 Å². The van der Waals surface area contributed by atoms with E-state index in [9.17, 15) is 0 Å². The fourth-order valence-corrected chi connectivity index (χ4v) is 4.65. The summed E-state index contributed by atoms with van der Waals surface area (Å²) >= 11 is 1.79. The van der Waals surface area contributed by atoms with Crippen molar-refractivity contribution in [3.8, 4) is 5.75 Å². The average molecular weight is 427 g/mol. The van der Waals surface area contributed by atoms with Crippen LogP contribution in [0, 0.1) is 0 Å². The molecule has 0 N–H and O–H groups in total. The average Bonchev–Trinajstić information content (AvgIpc) is 2.77. The minimum absolute atomic E-state index is 0. The number of anilines is 1. The molecule has 1 saturated heterocycles. The van der Waals surface area contributed by atoms with Crippen LogP contribution in [0.2, 0.25) is 0 Å². The van der Waals surface area contributed by atoms with Crippen molar-refractivity contribution in [3.63, 3.8) is 0 Å². The molecule has 1 aliphatic rings. The minimum atomic E-state index is 0. The van der Waals surface area contributed by atoms with Crippen molar-refractivity contribution in [2.24, 2.45) is 0 Å². The first-order valence-electron chi connectivity index (χ1n) is 9.74. The Morgan fingerprint density at radius 1 is 0.759 bits per heavy atom. The Hall–Kier alpha value is -2.14. The van der Waals surface area contributed by atoms with Gasteiger partial charge in [0.05, 0.1) is 12.0 Å². The van der Waals surface area contributed by atoms with E-state index < -0.39 is 0 Å². The van der Waals surface area contributed by atoms with Crippen LogP contribution < -0.4 is 9.64 Å². The second kappa shape index (κ2) is 10.6. The molecule has 1 aliphatic heterocycles. The Morgan fingerprint density at radius 2 is 1.38 bits per heavy atom. The van der Waals surface area contributed by atoms with Gasteiger partial charge < -0.3 is 9.64 Å². The van der Waals surface area contributed by atoms with E-state index >= 15 is 0 Å². The minimum Gasteiger partial charge on any atom is -0.496 e. The van der Waals surface area contributed by atoms with Gasteiger partial charge in [0, 0.05) is 43.3 Å². The summed E-state index contributed by atoms with van der Waals surface area (Å²) < 4.78 is 5.52. The number of nitrogens with zero attached hydrogens (tertiary/aromatic N) is 2. The molecule has 1 fully saturated rings. The molecular formula is C24H27ClN2OS. The predicted molar refractivity (Wildman–Crippen MR) is 125 cm³/mol. The first-order valence-corrected chi connectivity index (χ1v) is 10.6. The third-order valence-corrected chi connectivity index (χ3v) is 6.32. The SMILES string of the molecule is COc1ccccc1Sc1ccccc1CN1CCN(c2ccccc2)CC1.Cl. The number of hydrogen-bond donors (Lipinski definition) is 0. The third-order valence-electron chi connectivity index (χ3n) is 5.15. The molecule has 1 heterocycles. The maximum Gasteiger partial charge on any atom is 0.132 e. The monoisotopic (exact) mass is 426 g/mol. The lowest BCUT2D eigenvalue weighted by Crippen LogP contribution is -2.46. The summed E-state index contributed by atoms with van der Waals surface area (Å²) in [5.74, 6) is 0.929. The van der Waals surface area contributed by atoms with Crippen LogP contribution in [-0.2, 0) is 6.54 Å². The van der Waals surface area contributed by atoms with Crippen LogP contribution in [0.5, 0.6) is 5.75 Å². The topological polar surface area (TPSA) is 15.7 Å². The van der Waals surface area contributed by atoms with Gasteiger partial charge in [-0.15, -0.1) is 12.4 Å². The molecule has 0 aliphatic carbocycles. The Labute approximate surface area is 184 Å². The van der Waals surface area contributed by atoms with E-state index in [0.717, 1.165) is 43.4 Å². The molecule has 0 saturated carbocycles. The van der Waals surface area contributed by atoms with Crippen molar-refractivity contribution < 1.29 is 4.74 Å². The maximum absolute atomic E-state index is 5.52. The van der Waals surface area contributed by atoms with E-state index in [1.807, 2.05) is 12.1 Å². The Balaban J connectivity index is 0.00000240. The molecule has 29 heavy (non-hydrogen) atoms. The van der Waals surface area contributed by atoms with Crippen molar-refractivity contribution in [2.75, 3.05) is 38.2 Å². The summed E-state index contributed by atoms with van der Waals surface area (Å²) in [6, 6.07) is 27.7. The number of rotatable bonds is 6. The molecule has 3 aromatic rings. The summed E-state index contributed by atoms with van der Waals surface area (Å²) in [7, 11) is 1.73. The number of halogens is 1. The highest BCUT2D eigenvalue weighted by atomic mass is 35.5. The molecule has 3 nitrogen and oxygen atoms in total. The Kier molecular flexibility index (Phi) is 7.87. The number of para-hydroxylation sites is 2. The summed E-state index contributed by atoms with van der Waals surface area (Å²) in [6.45, 7) is 5.31. The van der Waals surface area contributed by atoms with Gasteiger partial charge in [-0.05, 0) is 35.9 Å². The van der Waals surface area contributed by atoms with Gasteiger partial charge in [-0.25, -0.2) is 0 Å². The fourth-order valence-electron chi connectivity index (χ4n) is 3.60. The second-order valence-electron chi connectivity index (χ2n) is 6.96. The first kappa shape index (κ1) is 21.6. The number of benzene rings is 3. The highest BCUT2D eigenvalue weighted by molar-refractivity contribution is 7.99. The first-order chi connectivity index (χ1) is 13.8. The molecule has 0 spiro atoms. The van der Waals surface area contributed by atoms with Gasteiger partial charge in [0.15, 0.2) is 0 Å². The van der Waals surface area contributed by atoms with Crippen LogP contribution in [0.4, 0.5) is 5.69 Å². The van der Waals surface area contributed by atoms with Gasteiger partial charge in [-0.2, -0.15) is 0 Å². The normalized spacial score (nSPS) is 14.3. The Morgan fingerprint density at radius 3 is 2.10 bits per heavy atom. The predicted octanol–water partition coefficient (Wildman–Crippen LogP) is 5.59. The lowest BCUT2D eigenvalue weighted by molar-refractivity contribution is 0.248. The van der Waals surface area contributed by atoms with E-state index in [0.29, 0.717) is 0 Å². The van der Waals surface area contributed by atoms with Crippen LogP contribution in [0.1, 0.15) is 5.56 Å². The zero-order valence-corrected chi connectivity index (χ0v) is 18.3. The largest absolute Gasteiger partial charge is 0.496 e. The zero-order valence-electron chi connectivity index (χ0n) is 16.7. The summed E-state index contributed by atoms with van der Waals surface area (Å²) in [5, 5.41) is 0. The van der Waals surface area contributed by atoms with E-state index in [4.69, 9.17) is 4.74 Å². The van der Waals surface area contributed by atoms with Crippen molar-refractivity contribution in [1.82, 2.24) is 4.90 Å². The van der Waals surface area contributed by atoms with E-state index in [1.54, 1.807) is 18.9 Å². The highest BCUT2D eigenvalue weighted by Crippen LogP contribution is 2.36. The molecule has 152 valence electrons. The highest BCUT2D eigenvalue weighted by Gasteiger charge is 2.18. The molecule has 4 rings (SSSR count). The Bertz CT molecular complexity index is 898. The van der Waals surface area contributed by atoms with Crippen LogP contribution in [0.3, 0.4) is 0 Å². The van der Waals surface area contributed by atoms with Crippen LogP contribution in [-0.4, -0.2) is 38.2 Å². The standard InChI is InChI=1S/C24H26N2OS.ClH/c1-27-22-12-6-8-14-24(22)28-23-13-7-5-9-20(23)19-25-15-17-26(18-16-25)21-10-3-2-4-11-21;/h2-14H,15-19H2,1H3;1H. The molecule has 0 atom stereocenters. The van der Waals surface area contributed by atoms with Gasteiger partial charge in [-0.1, -0.05) is 60.3 Å². The van der Waals surface area contributed by atoms with Crippen molar-refractivity contribution in [1.29, 1.82) is 0 Å². The molecule has 0 unspecified atom stereocenters.